The fourth-order valence-electron chi connectivity index (χ4n) is 4.78. The van der Waals surface area contributed by atoms with Crippen LogP contribution in [0.15, 0.2) is 71.1 Å². The van der Waals surface area contributed by atoms with Crippen LogP contribution in [0.1, 0.15) is 41.5 Å². The van der Waals surface area contributed by atoms with Crippen molar-refractivity contribution in [3.05, 3.63) is 104 Å². The topological polar surface area (TPSA) is 145 Å². The van der Waals surface area contributed by atoms with Crippen LogP contribution in [0, 0.1) is 24.0 Å². The van der Waals surface area contributed by atoms with Crippen molar-refractivity contribution < 1.29 is 27.7 Å². The largest absolute Gasteiger partial charge is 0.494 e. The van der Waals surface area contributed by atoms with E-state index in [4.69, 9.17) is 16.3 Å². The third kappa shape index (κ3) is 7.34. The highest BCUT2D eigenvalue weighted by Gasteiger charge is 2.26. The lowest BCUT2D eigenvalue weighted by Gasteiger charge is -2.12. The van der Waals surface area contributed by atoms with Crippen LogP contribution in [-0.2, 0) is 26.0 Å². The zero-order valence-corrected chi connectivity index (χ0v) is 24.7. The molecule has 3 aromatic carbocycles. The molecule has 1 aliphatic carbocycles. The van der Waals surface area contributed by atoms with Gasteiger partial charge in [0.15, 0.2) is 0 Å². The molecule has 0 spiro atoms. The monoisotopic (exact) mass is 611 g/mol. The molecule has 2 N–H and O–H groups in total. The Hall–Kier alpha value is -4.22. The molecule has 4 rings (SSSR count). The zero-order chi connectivity index (χ0) is 30.4. The standard InChI is InChI=1S/C30H30ClN3O7S/c1-19-15-23(16-20(2)29(19)31)41-14-6-11-26-25-10-4-3-7-21(25)17-27(26)30(36)32-13-12-28(35)33-42(39,40)24-9-5-8-22(18-24)34(37)38/h3-5,7-10,15-16,18H,6,11-14,17H2,1-2H3,(H,32,36)(H,33,35). The predicted octanol–water partition coefficient (Wildman–Crippen LogP) is 5.05. The third-order valence-corrected chi connectivity index (χ3v) is 8.79. The highest BCUT2D eigenvalue weighted by atomic mass is 35.5. The summed E-state index contributed by atoms with van der Waals surface area (Å²) in [4.78, 5) is 35.3. The Balaban J connectivity index is 1.34. The van der Waals surface area contributed by atoms with Gasteiger partial charge in [0, 0.05) is 42.1 Å². The second-order valence-corrected chi connectivity index (χ2v) is 12.0. The van der Waals surface area contributed by atoms with Crippen molar-refractivity contribution in [1.29, 1.82) is 0 Å². The Morgan fingerprint density at radius 2 is 1.76 bits per heavy atom. The number of nitro groups is 1. The van der Waals surface area contributed by atoms with E-state index in [0.29, 0.717) is 36.5 Å². The molecule has 0 saturated heterocycles. The molecule has 0 aliphatic heterocycles. The van der Waals surface area contributed by atoms with Crippen LogP contribution < -0.4 is 14.8 Å². The number of aryl methyl sites for hydroxylation is 2. The smallest absolute Gasteiger partial charge is 0.270 e. The van der Waals surface area contributed by atoms with E-state index in [0.717, 1.165) is 51.8 Å². The van der Waals surface area contributed by atoms with Gasteiger partial charge < -0.3 is 10.1 Å². The number of rotatable bonds is 12. The van der Waals surface area contributed by atoms with E-state index in [2.05, 4.69) is 5.32 Å². The number of non-ortho nitro benzene ring substituents is 1. The molecule has 12 heteroatoms. The molecule has 3 aromatic rings. The Morgan fingerprint density at radius 3 is 2.48 bits per heavy atom. The van der Waals surface area contributed by atoms with Gasteiger partial charge in [0.2, 0.25) is 11.8 Å². The second kappa shape index (κ2) is 13.2. The number of nitrogens with one attached hydrogen (secondary N) is 2. The molecule has 0 radical (unpaired) electrons. The molecule has 0 aromatic heterocycles. The first-order chi connectivity index (χ1) is 20.0. The van der Waals surface area contributed by atoms with E-state index in [9.17, 15) is 28.1 Å². The van der Waals surface area contributed by atoms with Crippen molar-refractivity contribution in [2.45, 2.75) is 44.4 Å². The lowest BCUT2D eigenvalue weighted by Crippen LogP contribution is -2.34. The van der Waals surface area contributed by atoms with Gasteiger partial charge in [-0.25, -0.2) is 13.1 Å². The molecule has 0 fully saturated rings. The number of carbonyl (C=O) groups excluding carboxylic acids is 2. The predicted molar refractivity (Wildman–Crippen MR) is 159 cm³/mol. The van der Waals surface area contributed by atoms with E-state index in [1.54, 1.807) is 0 Å². The molecule has 10 nitrogen and oxygen atoms in total. The fraction of sp³-hybridized carbons (Fsp3) is 0.267. The summed E-state index contributed by atoms with van der Waals surface area (Å²) in [6.07, 6.45) is 1.41. The van der Waals surface area contributed by atoms with Crippen LogP contribution in [0.2, 0.25) is 5.02 Å². The Morgan fingerprint density at radius 1 is 1.05 bits per heavy atom. The Labute approximate surface area is 248 Å². The van der Waals surface area contributed by atoms with Crippen molar-refractivity contribution in [2.24, 2.45) is 0 Å². The van der Waals surface area contributed by atoms with Crippen molar-refractivity contribution >= 4 is 44.7 Å². The number of sulfonamides is 1. The van der Waals surface area contributed by atoms with Crippen molar-refractivity contribution in [2.75, 3.05) is 13.2 Å². The van der Waals surface area contributed by atoms with Gasteiger partial charge in [-0.15, -0.1) is 0 Å². The quantitative estimate of drug-likeness (QED) is 0.166. The highest BCUT2D eigenvalue weighted by molar-refractivity contribution is 7.90. The first-order valence-electron chi connectivity index (χ1n) is 13.2. The number of ether oxygens (including phenoxy) is 1. The molecular weight excluding hydrogens is 582 g/mol. The van der Waals surface area contributed by atoms with Gasteiger partial charge in [0.05, 0.1) is 16.4 Å². The summed E-state index contributed by atoms with van der Waals surface area (Å²) >= 11 is 6.24. The fourth-order valence-corrected chi connectivity index (χ4v) is 5.94. The number of nitrogens with zero attached hydrogens (tertiary/aromatic N) is 1. The van der Waals surface area contributed by atoms with Gasteiger partial charge >= 0.3 is 0 Å². The zero-order valence-electron chi connectivity index (χ0n) is 23.1. The molecule has 220 valence electrons. The second-order valence-electron chi connectivity index (χ2n) is 9.90. The maximum Gasteiger partial charge on any atom is 0.270 e. The highest BCUT2D eigenvalue weighted by Crippen LogP contribution is 2.36. The molecule has 0 heterocycles. The Bertz CT molecular complexity index is 1660. The summed E-state index contributed by atoms with van der Waals surface area (Å²) in [7, 11) is -4.31. The molecule has 1 aliphatic rings. The average Bonchev–Trinajstić information content (AvgIpc) is 3.32. The number of benzene rings is 3. The molecule has 2 amide bonds. The molecule has 42 heavy (non-hydrogen) atoms. The first-order valence-corrected chi connectivity index (χ1v) is 15.1. The van der Waals surface area contributed by atoms with Gasteiger partial charge in [-0.05, 0) is 72.7 Å². The third-order valence-electron chi connectivity index (χ3n) is 6.82. The summed E-state index contributed by atoms with van der Waals surface area (Å²) in [5.41, 5.74) is 5.00. The minimum absolute atomic E-state index is 0.0966. The van der Waals surface area contributed by atoms with E-state index in [1.807, 2.05) is 55.0 Å². The van der Waals surface area contributed by atoms with E-state index < -0.39 is 31.4 Å². The number of allylic oxidation sites excluding steroid dienone is 1. The van der Waals surface area contributed by atoms with E-state index >= 15 is 0 Å². The maximum absolute atomic E-state index is 13.1. The minimum Gasteiger partial charge on any atom is -0.494 e. The van der Waals surface area contributed by atoms with Crippen molar-refractivity contribution in [3.63, 3.8) is 0 Å². The minimum atomic E-state index is -4.31. The normalized spacial score (nSPS) is 12.5. The van der Waals surface area contributed by atoms with Gasteiger partial charge in [-0.3, -0.25) is 19.7 Å². The van der Waals surface area contributed by atoms with Crippen LogP contribution in [0.5, 0.6) is 5.75 Å². The van der Waals surface area contributed by atoms with Crippen LogP contribution in [-0.4, -0.2) is 38.3 Å². The van der Waals surface area contributed by atoms with Gasteiger partial charge in [0.1, 0.15) is 5.75 Å². The SMILES string of the molecule is Cc1cc(OCCCC2=C(C(=O)NCCC(=O)NS(=O)(=O)c3cccc([N+](=O)[O-])c3)Cc3ccccc32)cc(C)c1Cl. The number of hydrogen-bond acceptors (Lipinski definition) is 7. The van der Waals surface area contributed by atoms with Crippen LogP contribution in [0.4, 0.5) is 5.69 Å². The number of halogens is 1. The molecule has 0 saturated carbocycles. The lowest BCUT2D eigenvalue weighted by molar-refractivity contribution is -0.385. The van der Waals surface area contributed by atoms with Gasteiger partial charge in [-0.2, -0.15) is 0 Å². The van der Waals surface area contributed by atoms with Crippen LogP contribution in [0.25, 0.3) is 5.57 Å². The van der Waals surface area contributed by atoms with Crippen LogP contribution >= 0.6 is 11.6 Å². The average molecular weight is 612 g/mol. The number of carbonyl (C=O) groups is 2. The summed E-state index contributed by atoms with van der Waals surface area (Å²) in [6, 6.07) is 15.9. The molecular formula is C30H30ClN3O7S. The molecule has 0 atom stereocenters. The van der Waals surface area contributed by atoms with E-state index in [1.165, 1.54) is 6.07 Å². The number of hydrogen-bond donors (Lipinski definition) is 2. The molecule has 0 bridgehead atoms. The van der Waals surface area contributed by atoms with Crippen LogP contribution in [0.3, 0.4) is 0 Å². The lowest BCUT2D eigenvalue weighted by atomic mass is 10.0. The van der Waals surface area contributed by atoms with Crippen molar-refractivity contribution in [1.82, 2.24) is 10.0 Å². The maximum atomic E-state index is 13.1. The van der Waals surface area contributed by atoms with Gasteiger partial charge in [0.25, 0.3) is 15.7 Å². The molecule has 0 unspecified atom stereocenters. The summed E-state index contributed by atoms with van der Waals surface area (Å²) < 4.78 is 32.8. The van der Waals surface area contributed by atoms with E-state index in [-0.39, 0.29) is 18.9 Å². The first kappa shape index (κ1) is 30.7. The summed E-state index contributed by atoms with van der Waals surface area (Å²) in [6.45, 7) is 4.20. The van der Waals surface area contributed by atoms with Crippen molar-refractivity contribution in [3.8, 4) is 5.75 Å². The number of amides is 2. The van der Waals surface area contributed by atoms with Gasteiger partial charge in [-0.1, -0.05) is 41.9 Å². The number of fused-ring (bicyclic) bond motifs is 1. The number of nitro benzene ring substituents is 1. The summed E-state index contributed by atoms with van der Waals surface area (Å²) in [5.74, 6) is -0.449. The Kier molecular flexibility index (Phi) is 9.64. The summed E-state index contributed by atoms with van der Waals surface area (Å²) in [5, 5.41) is 14.4.